The predicted octanol–water partition coefficient (Wildman–Crippen LogP) is 2.90. The highest BCUT2D eigenvalue weighted by molar-refractivity contribution is 6.74. The molecule has 1 rings (SSSR count). The molecule has 0 fully saturated rings. The van der Waals surface area contributed by atoms with E-state index < -0.39 is 14.4 Å². The van der Waals surface area contributed by atoms with Crippen molar-refractivity contribution in [2.45, 2.75) is 64.8 Å². The molecule has 0 radical (unpaired) electrons. The van der Waals surface area contributed by atoms with E-state index in [1.807, 2.05) is 0 Å². The highest BCUT2D eigenvalue weighted by Crippen LogP contribution is 2.36. The van der Waals surface area contributed by atoms with Gasteiger partial charge in [-0.3, -0.25) is 4.79 Å². The zero-order chi connectivity index (χ0) is 15.6. The average molecular weight is 299 g/mol. The largest absolute Gasteiger partial charge is 0.415 e. The van der Waals surface area contributed by atoms with Crippen molar-refractivity contribution in [3.8, 4) is 0 Å². The average Bonchev–Trinajstić information content (AvgIpc) is 2.29. The van der Waals surface area contributed by atoms with E-state index >= 15 is 0 Å². The minimum Gasteiger partial charge on any atom is -0.415 e. The van der Waals surface area contributed by atoms with Gasteiger partial charge in [-0.25, -0.2) is 0 Å². The fourth-order valence-electron chi connectivity index (χ4n) is 1.85. The number of carbonyl (C=O) groups is 1. The number of aliphatic hydroxyl groups excluding tert-OH is 1. The van der Waals surface area contributed by atoms with E-state index in [9.17, 15) is 9.90 Å². The van der Waals surface area contributed by atoms with Gasteiger partial charge in [-0.2, -0.15) is 0 Å². The lowest BCUT2D eigenvalue weighted by atomic mass is 10.0. The van der Waals surface area contributed by atoms with Crippen molar-refractivity contribution in [1.82, 2.24) is 4.90 Å². The van der Waals surface area contributed by atoms with Gasteiger partial charge in [-0.1, -0.05) is 20.8 Å². The second-order valence-corrected chi connectivity index (χ2v) is 11.9. The summed E-state index contributed by atoms with van der Waals surface area (Å²) in [6.45, 7) is 13.9. The van der Waals surface area contributed by atoms with E-state index in [2.05, 4.69) is 33.9 Å². The molecule has 0 bridgehead atoms. The van der Waals surface area contributed by atoms with Gasteiger partial charge in [0.05, 0.1) is 12.7 Å². The maximum Gasteiger partial charge on any atom is 0.226 e. The van der Waals surface area contributed by atoms with Crippen molar-refractivity contribution in [2.24, 2.45) is 0 Å². The summed E-state index contributed by atoms with van der Waals surface area (Å²) >= 11 is 0. The van der Waals surface area contributed by atoms with Crippen LogP contribution < -0.4 is 0 Å². The van der Waals surface area contributed by atoms with E-state index in [0.717, 1.165) is 5.57 Å². The number of hydrogen-bond acceptors (Lipinski definition) is 3. The molecule has 0 spiro atoms. The van der Waals surface area contributed by atoms with Crippen LogP contribution in [0.4, 0.5) is 0 Å². The molecule has 1 aliphatic rings. The van der Waals surface area contributed by atoms with E-state index in [4.69, 9.17) is 4.43 Å². The van der Waals surface area contributed by atoms with E-state index in [-0.39, 0.29) is 10.9 Å². The summed E-state index contributed by atoms with van der Waals surface area (Å²) in [5.41, 5.74) is 0.928. The fourth-order valence-corrected chi connectivity index (χ4v) is 2.89. The van der Waals surface area contributed by atoms with Crippen LogP contribution in [0.15, 0.2) is 11.8 Å². The summed E-state index contributed by atoms with van der Waals surface area (Å²) < 4.78 is 6.09. The van der Waals surface area contributed by atoms with Crippen molar-refractivity contribution >= 4 is 14.2 Å². The number of carbonyl (C=O) groups excluding carboxylic acids is 1. The zero-order valence-electron chi connectivity index (χ0n) is 13.7. The monoisotopic (exact) mass is 299 g/mol. The molecular weight excluding hydrogens is 270 g/mol. The molecule has 1 unspecified atom stereocenters. The van der Waals surface area contributed by atoms with Crippen LogP contribution in [0.1, 0.15) is 40.5 Å². The van der Waals surface area contributed by atoms with Crippen LogP contribution in [0.25, 0.3) is 0 Å². The molecule has 1 N–H and O–H groups in total. The number of rotatable bonds is 5. The molecule has 116 valence electrons. The summed E-state index contributed by atoms with van der Waals surface area (Å²) in [5.74, 6) is 0.119. The molecule has 1 heterocycles. The van der Waals surface area contributed by atoms with E-state index in [0.29, 0.717) is 26.0 Å². The Morgan fingerprint density at radius 3 is 2.50 bits per heavy atom. The van der Waals surface area contributed by atoms with Gasteiger partial charge in [-0.15, -0.1) is 0 Å². The molecule has 1 amide bonds. The summed E-state index contributed by atoms with van der Waals surface area (Å²) in [7, 11) is -1.76. The van der Waals surface area contributed by atoms with E-state index in [1.165, 1.54) is 0 Å². The molecule has 5 heteroatoms. The molecule has 0 aromatic heterocycles. The predicted molar refractivity (Wildman–Crippen MR) is 83.9 cm³/mol. The van der Waals surface area contributed by atoms with Crippen molar-refractivity contribution in [3.05, 3.63) is 11.8 Å². The highest BCUT2D eigenvalue weighted by Gasteiger charge is 2.37. The van der Waals surface area contributed by atoms with Crippen LogP contribution in [0, 0.1) is 0 Å². The summed E-state index contributed by atoms with van der Waals surface area (Å²) in [4.78, 5) is 13.6. The first-order valence-electron chi connectivity index (χ1n) is 7.36. The Bertz CT molecular complexity index is 383. The van der Waals surface area contributed by atoms with Gasteiger partial charge < -0.3 is 14.4 Å². The third-order valence-electron chi connectivity index (χ3n) is 4.41. The van der Waals surface area contributed by atoms with Gasteiger partial charge in [0.25, 0.3) is 0 Å². The second kappa shape index (κ2) is 6.41. The first-order valence-corrected chi connectivity index (χ1v) is 10.3. The standard InChI is InChI=1S/C15H29NO3Si/c1-12(17)13-7-8-14(18)16(11-13)9-10-19-20(5,6)15(2,3)4/h11-12,17H,7-10H2,1-6H3. The maximum atomic E-state index is 11.9. The van der Waals surface area contributed by atoms with Crippen molar-refractivity contribution in [3.63, 3.8) is 0 Å². The van der Waals surface area contributed by atoms with Gasteiger partial charge >= 0.3 is 0 Å². The van der Waals surface area contributed by atoms with Crippen LogP contribution in [0.5, 0.6) is 0 Å². The van der Waals surface area contributed by atoms with Crippen molar-refractivity contribution in [1.29, 1.82) is 0 Å². The Hall–Kier alpha value is -0.653. The van der Waals surface area contributed by atoms with Crippen LogP contribution in [-0.4, -0.2) is 43.5 Å². The third kappa shape index (κ3) is 4.43. The Labute approximate surface area is 123 Å². The van der Waals surface area contributed by atoms with Gasteiger partial charge in [0.2, 0.25) is 5.91 Å². The van der Waals surface area contributed by atoms with Crippen LogP contribution >= 0.6 is 0 Å². The van der Waals surface area contributed by atoms with Crippen LogP contribution in [0.2, 0.25) is 18.1 Å². The number of nitrogens with zero attached hydrogens (tertiary/aromatic N) is 1. The van der Waals surface area contributed by atoms with Crippen LogP contribution in [0.3, 0.4) is 0 Å². The molecule has 0 saturated carbocycles. The van der Waals surface area contributed by atoms with Crippen LogP contribution in [-0.2, 0) is 9.22 Å². The lowest BCUT2D eigenvalue weighted by molar-refractivity contribution is -0.129. The van der Waals surface area contributed by atoms with Gasteiger partial charge in [-0.05, 0) is 37.0 Å². The first-order chi connectivity index (χ1) is 9.04. The molecule has 0 aliphatic carbocycles. The lowest BCUT2D eigenvalue weighted by Gasteiger charge is -2.37. The SMILES string of the molecule is CC(O)C1=CN(CCO[Si](C)(C)C(C)(C)C)C(=O)CC1. The Balaban J connectivity index is 2.57. The Kier molecular flexibility index (Phi) is 5.58. The number of hydrogen-bond donors (Lipinski definition) is 1. The van der Waals surface area contributed by atoms with Crippen molar-refractivity contribution < 1.29 is 14.3 Å². The first kappa shape index (κ1) is 17.4. The number of amides is 1. The fraction of sp³-hybridized carbons (Fsp3) is 0.800. The normalized spacial score (nSPS) is 19.1. The zero-order valence-corrected chi connectivity index (χ0v) is 14.7. The molecule has 0 aromatic rings. The summed E-state index contributed by atoms with van der Waals surface area (Å²) in [6, 6.07) is 0. The molecule has 0 saturated heterocycles. The van der Waals surface area contributed by atoms with Crippen molar-refractivity contribution in [2.75, 3.05) is 13.2 Å². The minimum absolute atomic E-state index is 0.119. The molecule has 1 atom stereocenters. The quantitative estimate of drug-likeness (QED) is 0.794. The maximum absolute atomic E-state index is 11.9. The Morgan fingerprint density at radius 1 is 1.40 bits per heavy atom. The van der Waals surface area contributed by atoms with E-state index in [1.54, 1.807) is 18.0 Å². The number of aliphatic hydroxyl groups is 1. The topological polar surface area (TPSA) is 49.8 Å². The van der Waals surface area contributed by atoms with Gasteiger partial charge in [0, 0.05) is 19.2 Å². The minimum atomic E-state index is -1.76. The molecule has 20 heavy (non-hydrogen) atoms. The molecule has 0 aromatic carbocycles. The summed E-state index contributed by atoms with van der Waals surface area (Å²) in [6.07, 6.45) is 2.46. The Morgan fingerprint density at radius 2 is 2.00 bits per heavy atom. The molecular formula is C15H29NO3Si. The van der Waals surface area contributed by atoms with Gasteiger partial charge in [0.15, 0.2) is 8.32 Å². The smallest absolute Gasteiger partial charge is 0.226 e. The molecule has 1 aliphatic heterocycles. The lowest BCUT2D eigenvalue weighted by Crippen LogP contribution is -2.43. The second-order valence-electron chi connectivity index (χ2n) is 7.08. The van der Waals surface area contributed by atoms with Gasteiger partial charge in [0.1, 0.15) is 0 Å². The molecule has 4 nitrogen and oxygen atoms in total. The summed E-state index contributed by atoms with van der Waals surface area (Å²) in [5, 5.41) is 9.79. The highest BCUT2D eigenvalue weighted by atomic mass is 28.4. The third-order valence-corrected chi connectivity index (χ3v) is 8.95.